The molecule has 21 heavy (non-hydrogen) atoms. The summed E-state index contributed by atoms with van der Waals surface area (Å²) in [7, 11) is 0. The highest BCUT2D eigenvalue weighted by Gasteiger charge is 2.85. The third-order valence-corrected chi connectivity index (χ3v) is 3.35. The average Bonchev–Trinajstić information content (AvgIpc) is 2.10. The molecule has 0 aliphatic rings. The first-order valence-corrected chi connectivity index (χ1v) is 6.19. The molecule has 0 spiro atoms. The quantitative estimate of drug-likeness (QED) is 0.249. The third kappa shape index (κ3) is 3.90. The maximum atomic E-state index is 13.5. The van der Waals surface area contributed by atoms with Crippen LogP contribution in [0.5, 0.6) is 0 Å². The normalized spacial score (nSPS) is 20.9. The van der Waals surface area contributed by atoms with Gasteiger partial charge in [-0.2, -0.15) is 39.5 Å². The molecule has 0 saturated carbocycles. The SMILES string of the molecule is FC(F)(I)CC(F)(C(F)(F)F)C(F)(F)C(F)(Cl)C(F)(F)Cl. The van der Waals surface area contributed by atoms with Crippen molar-refractivity contribution >= 4 is 45.8 Å². The van der Waals surface area contributed by atoms with Crippen molar-refractivity contribution in [3.8, 4) is 0 Å². The molecule has 0 amide bonds. The minimum absolute atomic E-state index is 0.162. The maximum Gasteiger partial charge on any atom is 0.428 e. The molecule has 0 radical (unpaired) electrons. The fourth-order valence-corrected chi connectivity index (χ4v) is 1.89. The number of halogens is 14. The Hall–Kier alpha value is 0.540. The molecule has 0 N–H and O–H groups in total. The highest BCUT2D eigenvalue weighted by molar-refractivity contribution is 14.1. The first kappa shape index (κ1) is 21.5. The fourth-order valence-electron chi connectivity index (χ4n) is 1.09. The van der Waals surface area contributed by atoms with E-state index in [4.69, 9.17) is 0 Å². The van der Waals surface area contributed by atoms with Crippen molar-refractivity contribution in [2.45, 2.75) is 38.6 Å². The molecular formula is C7H2Cl2F11I. The lowest BCUT2D eigenvalue weighted by Crippen LogP contribution is -2.67. The number of rotatable bonds is 5. The summed E-state index contributed by atoms with van der Waals surface area (Å²) in [4.78, 5) is 0. The van der Waals surface area contributed by atoms with Crippen LogP contribution in [0.2, 0.25) is 0 Å². The number of hydrogen-bond donors (Lipinski definition) is 0. The zero-order valence-corrected chi connectivity index (χ0v) is 12.7. The molecule has 0 aromatic heterocycles. The topological polar surface area (TPSA) is 0 Å². The Morgan fingerprint density at radius 1 is 0.714 bits per heavy atom. The van der Waals surface area contributed by atoms with Crippen LogP contribution in [0.3, 0.4) is 0 Å². The Balaban J connectivity index is 6.20. The van der Waals surface area contributed by atoms with Crippen LogP contribution in [0.25, 0.3) is 0 Å². The minimum atomic E-state index is -6.85. The van der Waals surface area contributed by atoms with E-state index in [1.165, 1.54) is 0 Å². The Bertz CT molecular complexity index is 382. The van der Waals surface area contributed by atoms with Gasteiger partial charge in [0.25, 0.3) is 9.60 Å². The van der Waals surface area contributed by atoms with Gasteiger partial charge >= 0.3 is 22.6 Å². The summed E-state index contributed by atoms with van der Waals surface area (Å²) in [6.45, 7) is 0. The van der Waals surface area contributed by atoms with Crippen molar-refractivity contribution in [2.75, 3.05) is 0 Å². The molecule has 0 rings (SSSR count). The van der Waals surface area contributed by atoms with E-state index in [0.717, 1.165) is 0 Å². The fraction of sp³-hybridized carbons (Fsp3) is 1.00. The van der Waals surface area contributed by atoms with Crippen LogP contribution in [0.15, 0.2) is 0 Å². The van der Waals surface area contributed by atoms with Gasteiger partial charge in [-0.15, -0.1) is 0 Å². The molecule has 0 aliphatic carbocycles. The summed E-state index contributed by atoms with van der Waals surface area (Å²) in [5, 5.41) is -12.0. The molecule has 128 valence electrons. The molecule has 2 atom stereocenters. The zero-order chi connectivity index (χ0) is 17.7. The predicted octanol–water partition coefficient (Wildman–Crippen LogP) is 6.05. The molecule has 0 bridgehead atoms. The van der Waals surface area contributed by atoms with Crippen LogP contribution in [-0.2, 0) is 0 Å². The molecule has 0 aliphatic heterocycles. The summed E-state index contributed by atoms with van der Waals surface area (Å²) in [6, 6.07) is 0. The van der Waals surface area contributed by atoms with E-state index in [0.29, 0.717) is 0 Å². The van der Waals surface area contributed by atoms with Crippen LogP contribution in [0.1, 0.15) is 6.42 Å². The molecule has 14 heteroatoms. The second kappa shape index (κ2) is 5.56. The Labute approximate surface area is 133 Å². The van der Waals surface area contributed by atoms with Gasteiger partial charge in [0.15, 0.2) is 0 Å². The van der Waals surface area contributed by atoms with Crippen molar-refractivity contribution < 1.29 is 48.3 Å². The molecule has 0 fully saturated rings. The van der Waals surface area contributed by atoms with Crippen molar-refractivity contribution in [1.82, 2.24) is 0 Å². The molecule has 0 aromatic rings. The van der Waals surface area contributed by atoms with Crippen molar-refractivity contribution in [2.24, 2.45) is 0 Å². The number of hydrogen-bond acceptors (Lipinski definition) is 0. The lowest BCUT2D eigenvalue weighted by molar-refractivity contribution is -0.342. The second-order valence-electron chi connectivity index (χ2n) is 3.74. The van der Waals surface area contributed by atoms with Crippen LogP contribution >= 0.6 is 45.8 Å². The van der Waals surface area contributed by atoms with Gasteiger partial charge in [-0.05, 0) is 34.2 Å². The standard InChI is InChI=1S/C7H2Cl2F11I/c8-4(13,6(9,16)17)5(14,15)2(10,7(18,19)20)1-3(11,12)21/h1H2. The maximum absolute atomic E-state index is 13.5. The lowest BCUT2D eigenvalue weighted by atomic mass is 9.89. The first-order valence-electron chi connectivity index (χ1n) is 4.35. The van der Waals surface area contributed by atoms with Gasteiger partial charge in [0.1, 0.15) is 0 Å². The smallest absolute Gasteiger partial charge is 0.227 e. The monoisotopic (exact) mass is 492 g/mol. The number of alkyl halides is 14. The highest BCUT2D eigenvalue weighted by atomic mass is 127. The van der Waals surface area contributed by atoms with Gasteiger partial charge < -0.3 is 0 Å². The van der Waals surface area contributed by atoms with E-state index in [-0.39, 0.29) is 22.6 Å². The average molecular weight is 493 g/mol. The Morgan fingerprint density at radius 2 is 1.05 bits per heavy atom. The first-order chi connectivity index (χ1) is 8.71. The predicted molar refractivity (Wildman–Crippen MR) is 58.9 cm³/mol. The largest absolute Gasteiger partial charge is 0.428 e. The molecule has 0 nitrogen and oxygen atoms in total. The highest BCUT2D eigenvalue weighted by Crippen LogP contribution is 2.61. The minimum Gasteiger partial charge on any atom is -0.227 e. The van der Waals surface area contributed by atoms with Crippen LogP contribution in [0.4, 0.5) is 48.3 Å². The molecule has 0 heterocycles. The van der Waals surface area contributed by atoms with E-state index in [1.54, 1.807) is 0 Å². The van der Waals surface area contributed by atoms with E-state index < -0.39 is 38.6 Å². The Kier molecular flexibility index (Phi) is 5.71. The van der Waals surface area contributed by atoms with Crippen molar-refractivity contribution in [1.29, 1.82) is 0 Å². The van der Waals surface area contributed by atoms with Crippen molar-refractivity contribution in [3.05, 3.63) is 0 Å². The Morgan fingerprint density at radius 3 is 1.24 bits per heavy atom. The van der Waals surface area contributed by atoms with Gasteiger partial charge in [-0.1, -0.05) is 11.6 Å². The molecule has 0 aromatic carbocycles. The molecule has 2 unspecified atom stereocenters. The summed E-state index contributed by atoms with van der Waals surface area (Å²) >= 11 is 7.57. The van der Waals surface area contributed by atoms with Crippen LogP contribution in [0, 0.1) is 0 Å². The lowest BCUT2D eigenvalue weighted by Gasteiger charge is -2.41. The summed E-state index contributed by atoms with van der Waals surface area (Å²) in [5.41, 5.74) is -6.40. The summed E-state index contributed by atoms with van der Waals surface area (Å²) in [5.74, 6) is -6.83. The molecule has 0 saturated heterocycles. The van der Waals surface area contributed by atoms with Crippen LogP contribution < -0.4 is 0 Å². The van der Waals surface area contributed by atoms with Crippen LogP contribution in [-0.4, -0.2) is 32.2 Å². The second-order valence-corrected chi connectivity index (χ2v) is 6.31. The van der Waals surface area contributed by atoms with Crippen molar-refractivity contribution in [3.63, 3.8) is 0 Å². The van der Waals surface area contributed by atoms with Gasteiger partial charge in [0.05, 0.1) is 6.42 Å². The summed E-state index contributed by atoms with van der Waals surface area (Å²) in [6.07, 6.45) is -10.2. The zero-order valence-electron chi connectivity index (χ0n) is 9.00. The van der Waals surface area contributed by atoms with Gasteiger partial charge in [0.2, 0.25) is 0 Å². The molecular weight excluding hydrogens is 491 g/mol. The van der Waals surface area contributed by atoms with Gasteiger partial charge in [-0.3, -0.25) is 0 Å². The van der Waals surface area contributed by atoms with Gasteiger partial charge in [0, 0.05) is 0 Å². The third-order valence-electron chi connectivity index (χ3n) is 2.14. The van der Waals surface area contributed by atoms with E-state index in [1.807, 2.05) is 0 Å². The van der Waals surface area contributed by atoms with Gasteiger partial charge in [-0.25, -0.2) is 8.78 Å². The van der Waals surface area contributed by atoms with E-state index in [2.05, 4.69) is 23.2 Å². The van der Waals surface area contributed by atoms with E-state index in [9.17, 15) is 48.3 Å². The van der Waals surface area contributed by atoms with E-state index >= 15 is 0 Å². The summed E-state index contributed by atoms with van der Waals surface area (Å²) < 4.78 is 135.